The smallest absolute Gasteiger partial charge is 0.339 e. The fraction of sp³-hybridized carbons (Fsp3) is 0.800. The molecule has 2 rings (SSSR count). The first-order valence-corrected chi connectivity index (χ1v) is 5.60. The number of halogens is 3. The highest BCUT2D eigenvalue weighted by Crippen LogP contribution is 2.31. The van der Waals surface area contributed by atoms with Gasteiger partial charge in [0.05, 0.1) is 5.92 Å². The van der Waals surface area contributed by atoms with Crippen molar-refractivity contribution in [2.45, 2.75) is 50.2 Å². The topological polar surface area (TPSA) is 64.9 Å². The van der Waals surface area contributed by atoms with Crippen LogP contribution in [0.25, 0.3) is 0 Å². The molecule has 2 unspecified atom stereocenters. The van der Waals surface area contributed by atoms with Crippen LogP contribution >= 0.6 is 0 Å². The van der Waals surface area contributed by atoms with E-state index in [-0.39, 0.29) is 23.7 Å². The van der Waals surface area contributed by atoms with Crippen molar-refractivity contribution in [3.8, 4) is 0 Å². The first-order chi connectivity index (χ1) is 7.96. The third kappa shape index (κ3) is 3.18. The van der Waals surface area contributed by atoms with E-state index >= 15 is 0 Å². The van der Waals surface area contributed by atoms with Gasteiger partial charge in [-0.05, 0) is 12.8 Å². The van der Waals surface area contributed by atoms with Crippen molar-refractivity contribution in [1.29, 1.82) is 0 Å². The summed E-state index contributed by atoms with van der Waals surface area (Å²) in [5.74, 6) is -0.167. The van der Waals surface area contributed by atoms with Gasteiger partial charge in [0.2, 0.25) is 5.89 Å². The molecule has 1 heterocycles. The molecule has 2 N–H and O–H groups in total. The first kappa shape index (κ1) is 12.3. The van der Waals surface area contributed by atoms with Crippen LogP contribution in [-0.4, -0.2) is 22.4 Å². The molecule has 0 saturated heterocycles. The highest BCUT2D eigenvalue weighted by molar-refractivity contribution is 5.01. The lowest BCUT2D eigenvalue weighted by atomic mass is 9.85. The first-order valence-electron chi connectivity index (χ1n) is 5.60. The van der Waals surface area contributed by atoms with Crippen molar-refractivity contribution in [3.63, 3.8) is 0 Å². The molecular formula is C10H14F3N3O. The average Bonchev–Trinajstić information content (AvgIpc) is 2.64. The highest BCUT2D eigenvalue weighted by atomic mass is 19.4. The zero-order chi connectivity index (χ0) is 12.5. The summed E-state index contributed by atoms with van der Waals surface area (Å²) in [5, 5.41) is 3.35. The Labute approximate surface area is 96.4 Å². The largest absolute Gasteiger partial charge is 0.396 e. The zero-order valence-corrected chi connectivity index (χ0v) is 9.20. The summed E-state index contributed by atoms with van der Waals surface area (Å²) in [6, 6.07) is -0.0945. The van der Waals surface area contributed by atoms with Gasteiger partial charge in [-0.1, -0.05) is 18.0 Å². The molecule has 0 amide bonds. The van der Waals surface area contributed by atoms with Crippen LogP contribution in [0.4, 0.5) is 13.2 Å². The quantitative estimate of drug-likeness (QED) is 0.872. The summed E-state index contributed by atoms with van der Waals surface area (Å²) in [5.41, 5.74) is 5.90. The molecule has 1 aromatic heterocycles. The van der Waals surface area contributed by atoms with Crippen LogP contribution in [0.15, 0.2) is 4.52 Å². The monoisotopic (exact) mass is 249 g/mol. The van der Waals surface area contributed by atoms with Crippen LogP contribution in [0.2, 0.25) is 0 Å². The molecule has 0 radical (unpaired) electrons. The number of nitrogens with two attached hydrogens (primary N) is 1. The summed E-state index contributed by atoms with van der Waals surface area (Å²) in [7, 11) is 0. The summed E-state index contributed by atoms with van der Waals surface area (Å²) >= 11 is 0. The molecule has 0 bridgehead atoms. The SMILES string of the molecule is NC1CCCCC1c1nc(CC(F)(F)F)no1. The second kappa shape index (κ2) is 4.64. The van der Waals surface area contributed by atoms with E-state index in [4.69, 9.17) is 10.3 Å². The van der Waals surface area contributed by atoms with Crippen LogP contribution in [0, 0.1) is 0 Å². The van der Waals surface area contributed by atoms with Crippen molar-refractivity contribution in [3.05, 3.63) is 11.7 Å². The van der Waals surface area contributed by atoms with E-state index in [1.54, 1.807) is 0 Å². The number of nitrogens with zero attached hydrogens (tertiary/aromatic N) is 2. The molecule has 7 heteroatoms. The number of aromatic nitrogens is 2. The lowest BCUT2D eigenvalue weighted by Crippen LogP contribution is -2.31. The van der Waals surface area contributed by atoms with E-state index in [1.807, 2.05) is 0 Å². The van der Waals surface area contributed by atoms with Crippen LogP contribution in [0.5, 0.6) is 0 Å². The second-order valence-electron chi connectivity index (χ2n) is 4.40. The lowest BCUT2D eigenvalue weighted by Gasteiger charge is -2.25. The number of alkyl halides is 3. The molecule has 1 aliphatic rings. The maximum absolute atomic E-state index is 12.1. The molecule has 1 fully saturated rings. The molecule has 4 nitrogen and oxygen atoms in total. The number of rotatable bonds is 2. The molecule has 1 saturated carbocycles. The summed E-state index contributed by atoms with van der Waals surface area (Å²) in [4.78, 5) is 3.79. The molecule has 0 spiro atoms. The van der Waals surface area contributed by atoms with Crippen LogP contribution in [0.3, 0.4) is 0 Å². The van der Waals surface area contributed by atoms with Crippen molar-refractivity contribution in [2.75, 3.05) is 0 Å². The van der Waals surface area contributed by atoms with Gasteiger partial charge in [-0.3, -0.25) is 0 Å². The van der Waals surface area contributed by atoms with E-state index in [2.05, 4.69) is 10.1 Å². The van der Waals surface area contributed by atoms with E-state index in [0.29, 0.717) is 0 Å². The van der Waals surface area contributed by atoms with Gasteiger partial charge >= 0.3 is 6.18 Å². The van der Waals surface area contributed by atoms with Gasteiger partial charge in [-0.25, -0.2) is 0 Å². The molecule has 17 heavy (non-hydrogen) atoms. The zero-order valence-electron chi connectivity index (χ0n) is 9.20. The second-order valence-corrected chi connectivity index (χ2v) is 4.40. The van der Waals surface area contributed by atoms with Gasteiger partial charge in [0, 0.05) is 6.04 Å². The Morgan fingerprint density at radius 2 is 2.00 bits per heavy atom. The highest BCUT2D eigenvalue weighted by Gasteiger charge is 2.33. The molecule has 1 aromatic rings. The predicted octanol–water partition coefficient (Wildman–Crippen LogP) is 2.16. The average molecular weight is 249 g/mol. The van der Waals surface area contributed by atoms with Gasteiger partial charge in [0.25, 0.3) is 0 Å². The Kier molecular flexibility index (Phi) is 3.37. The minimum absolute atomic E-state index is 0.0945. The Morgan fingerprint density at radius 3 is 2.65 bits per heavy atom. The summed E-state index contributed by atoms with van der Waals surface area (Å²) in [6.45, 7) is 0. The third-order valence-corrected chi connectivity index (χ3v) is 2.98. The molecule has 2 atom stereocenters. The van der Waals surface area contributed by atoms with Gasteiger partial charge in [-0.2, -0.15) is 18.2 Å². The fourth-order valence-corrected chi connectivity index (χ4v) is 2.14. The van der Waals surface area contributed by atoms with Crippen LogP contribution in [-0.2, 0) is 6.42 Å². The third-order valence-electron chi connectivity index (χ3n) is 2.98. The van der Waals surface area contributed by atoms with Crippen molar-refractivity contribution in [1.82, 2.24) is 10.1 Å². The maximum Gasteiger partial charge on any atom is 0.396 e. The Hall–Kier alpha value is -1.11. The Balaban J connectivity index is 2.07. The van der Waals surface area contributed by atoms with Gasteiger partial charge in [0.15, 0.2) is 5.82 Å². The van der Waals surface area contributed by atoms with Crippen molar-refractivity contribution >= 4 is 0 Å². The van der Waals surface area contributed by atoms with E-state index < -0.39 is 12.6 Å². The standard InChI is InChI=1S/C10H14F3N3O/c11-10(12,13)5-8-15-9(17-16-8)6-3-1-2-4-7(6)14/h6-7H,1-5,14H2. The van der Waals surface area contributed by atoms with Crippen LogP contribution < -0.4 is 5.73 Å². The normalized spacial score (nSPS) is 26.1. The maximum atomic E-state index is 12.1. The predicted molar refractivity (Wildman–Crippen MR) is 53.2 cm³/mol. The van der Waals surface area contributed by atoms with Crippen LogP contribution in [0.1, 0.15) is 43.3 Å². The minimum atomic E-state index is -4.31. The van der Waals surface area contributed by atoms with E-state index in [0.717, 1.165) is 25.7 Å². The van der Waals surface area contributed by atoms with Crippen molar-refractivity contribution in [2.24, 2.45) is 5.73 Å². The Morgan fingerprint density at radius 1 is 1.29 bits per heavy atom. The van der Waals surface area contributed by atoms with Gasteiger partial charge in [-0.15, -0.1) is 0 Å². The fourth-order valence-electron chi connectivity index (χ4n) is 2.14. The molecular weight excluding hydrogens is 235 g/mol. The number of hydrogen-bond donors (Lipinski definition) is 1. The Bertz CT molecular complexity index is 377. The summed E-state index contributed by atoms with van der Waals surface area (Å²) in [6.07, 6.45) is -1.78. The molecule has 1 aliphatic carbocycles. The van der Waals surface area contributed by atoms with E-state index in [1.165, 1.54) is 0 Å². The summed E-state index contributed by atoms with van der Waals surface area (Å²) < 4.78 is 41.2. The molecule has 0 aliphatic heterocycles. The molecule has 96 valence electrons. The van der Waals surface area contributed by atoms with Crippen molar-refractivity contribution < 1.29 is 17.7 Å². The molecule has 0 aromatic carbocycles. The minimum Gasteiger partial charge on any atom is -0.339 e. The van der Waals surface area contributed by atoms with Gasteiger partial charge in [0.1, 0.15) is 6.42 Å². The van der Waals surface area contributed by atoms with E-state index in [9.17, 15) is 13.2 Å². The lowest BCUT2D eigenvalue weighted by molar-refractivity contribution is -0.128. The number of hydrogen-bond acceptors (Lipinski definition) is 4. The van der Waals surface area contributed by atoms with Gasteiger partial charge < -0.3 is 10.3 Å².